The van der Waals surface area contributed by atoms with Crippen LogP contribution in [0.5, 0.6) is 0 Å². The van der Waals surface area contributed by atoms with Crippen LogP contribution in [0, 0.1) is 5.92 Å². The molecular formula is C40H42Cl3N2+. The van der Waals surface area contributed by atoms with Crippen molar-refractivity contribution in [2.24, 2.45) is 5.92 Å². The molecular weight excluding hydrogens is 615 g/mol. The van der Waals surface area contributed by atoms with Crippen LogP contribution in [-0.4, -0.2) is 23.9 Å². The average molecular weight is 657 g/mol. The monoisotopic (exact) mass is 655 g/mol. The molecule has 1 unspecified atom stereocenters. The van der Waals surface area contributed by atoms with Crippen molar-refractivity contribution in [2.75, 3.05) is 18.5 Å². The summed E-state index contributed by atoms with van der Waals surface area (Å²) in [6.45, 7) is 12.4. The Bertz CT molecular complexity index is 1880. The summed E-state index contributed by atoms with van der Waals surface area (Å²) < 4.78 is 2.37. The SMILES string of the molecule is CC(C)CCCN1C(=CC=CC2=[N+](C)c3c(ccc4ccccc34)C2(C)C)C(C)(Cc2ccccc2Cl)c2cc(Cl)c(Cl)cc21. The third-order valence-electron chi connectivity index (χ3n) is 9.86. The smallest absolute Gasteiger partial charge is 0.217 e. The van der Waals surface area contributed by atoms with Crippen LogP contribution < -0.4 is 4.90 Å². The normalized spacial score (nSPS) is 19.9. The van der Waals surface area contributed by atoms with Crippen molar-refractivity contribution >= 4 is 62.7 Å². The fourth-order valence-corrected chi connectivity index (χ4v) is 8.02. The van der Waals surface area contributed by atoms with Gasteiger partial charge in [-0.05, 0) is 92.8 Å². The second kappa shape index (κ2) is 12.3. The van der Waals surface area contributed by atoms with Crippen molar-refractivity contribution in [3.8, 4) is 0 Å². The Balaban J connectivity index is 1.48. The summed E-state index contributed by atoms with van der Waals surface area (Å²) in [5, 5.41) is 4.49. The fourth-order valence-electron chi connectivity index (χ4n) is 7.50. The number of rotatable bonds is 8. The third-order valence-corrected chi connectivity index (χ3v) is 11.0. The van der Waals surface area contributed by atoms with Crippen LogP contribution in [0.15, 0.2) is 96.7 Å². The lowest BCUT2D eigenvalue weighted by molar-refractivity contribution is -0.399. The molecule has 0 amide bonds. The zero-order valence-corrected chi connectivity index (χ0v) is 29.4. The molecule has 6 rings (SSSR count). The fraction of sp³-hybridized carbons (Fsp3) is 0.325. The zero-order chi connectivity index (χ0) is 32.1. The topological polar surface area (TPSA) is 6.25 Å². The van der Waals surface area contributed by atoms with Gasteiger partial charge in [0.25, 0.3) is 0 Å². The first-order chi connectivity index (χ1) is 21.4. The molecule has 0 radical (unpaired) electrons. The molecule has 0 saturated carbocycles. The van der Waals surface area contributed by atoms with Crippen LogP contribution in [-0.2, 0) is 17.3 Å². The van der Waals surface area contributed by atoms with Gasteiger partial charge in [0.15, 0.2) is 5.71 Å². The lowest BCUT2D eigenvalue weighted by atomic mass is 9.76. The second-order valence-electron chi connectivity index (χ2n) is 13.7. The first-order valence-electron chi connectivity index (χ1n) is 16.0. The predicted molar refractivity (Wildman–Crippen MR) is 195 cm³/mol. The van der Waals surface area contributed by atoms with E-state index in [1.807, 2.05) is 18.2 Å². The van der Waals surface area contributed by atoms with Gasteiger partial charge < -0.3 is 4.90 Å². The summed E-state index contributed by atoms with van der Waals surface area (Å²) in [5.41, 5.74) is 8.08. The van der Waals surface area contributed by atoms with E-state index < -0.39 is 0 Å². The molecule has 2 nitrogen and oxygen atoms in total. The van der Waals surface area contributed by atoms with Crippen LogP contribution in [0.4, 0.5) is 11.4 Å². The molecule has 0 fully saturated rings. The lowest BCUT2D eigenvalue weighted by Crippen LogP contribution is -2.31. The van der Waals surface area contributed by atoms with E-state index in [0.717, 1.165) is 42.1 Å². The highest BCUT2D eigenvalue weighted by atomic mass is 35.5. The molecule has 0 N–H and O–H groups in total. The number of hydrogen-bond donors (Lipinski definition) is 0. The Morgan fingerprint density at radius 2 is 1.56 bits per heavy atom. The molecule has 1 atom stereocenters. The summed E-state index contributed by atoms with van der Waals surface area (Å²) in [4.78, 5) is 2.47. The summed E-state index contributed by atoms with van der Waals surface area (Å²) >= 11 is 20.1. The number of anilines is 1. The summed E-state index contributed by atoms with van der Waals surface area (Å²) in [6, 6.07) is 25.5. The largest absolute Gasteiger partial charge is 0.344 e. The van der Waals surface area contributed by atoms with Gasteiger partial charge in [-0.3, -0.25) is 0 Å². The van der Waals surface area contributed by atoms with Gasteiger partial charge in [-0.1, -0.05) is 103 Å². The lowest BCUT2D eigenvalue weighted by Gasteiger charge is -2.31. The van der Waals surface area contributed by atoms with Crippen molar-refractivity contribution in [2.45, 2.75) is 64.7 Å². The quantitative estimate of drug-likeness (QED) is 0.171. The maximum Gasteiger partial charge on any atom is 0.217 e. The summed E-state index contributed by atoms with van der Waals surface area (Å²) in [6.07, 6.45) is 9.83. The van der Waals surface area contributed by atoms with Gasteiger partial charge >= 0.3 is 0 Å². The van der Waals surface area contributed by atoms with E-state index in [1.165, 1.54) is 39.0 Å². The van der Waals surface area contributed by atoms with Crippen molar-refractivity contribution in [3.63, 3.8) is 0 Å². The standard InChI is InChI=1S/C40H42Cl3N2/c1-26(2)13-12-22-45-35-24-34(43)33(42)23-31(35)40(5,25-28-15-8-10-17-32(28)41)37(45)19-11-18-36-39(3,4)30-21-20-27-14-7-9-16-29(27)38(30)44(36)6/h7-11,14-21,23-24,26H,12-13,22,25H2,1-6H3/q+1. The molecule has 4 aromatic carbocycles. The summed E-state index contributed by atoms with van der Waals surface area (Å²) in [7, 11) is 2.20. The molecule has 0 saturated heterocycles. The van der Waals surface area contributed by atoms with E-state index in [0.29, 0.717) is 16.0 Å². The Morgan fingerprint density at radius 3 is 2.31 bits per heavy atom. The molecule has 0 aromatic heterocycles. The minimum atomic E-state index is -0.363. The molecule has 0 spiro atoms. The van der Waals surface area contributed by atoms with Gasteiger partial charge in [0.05, 0.1) is 20.8 Å². The highest BCUT2D eigenvalue weighted by molar-refractivity contribution is 6.42. The van der Waals surface area contributed by atoms with Crippen LogP contribution in [0.1, 0.15) is 64.2 Å². The molecule has 2 aliphatic heterocycles. The molecule has 5 heteroatoms. The third kappa shape index (κ3) is 5.64. The molecule has 45 heavy (non-hydrogen) atoms. The van der Waals surface area contributed by atoms with Crippen molar-refractivity contribution in [1.82, 2.24) is 0 Å². The van der Waals surface area contributed by atoms with Crippen LogP contribution in [0.2, 0.25) is 15.1 Å². The molecule has 232 valence electrons. The van der Waals surface area contributed by atoms with Crippen molar-refractivity contribution in [1.29, 1.82) is 0 Å². The van der Waals surface area contributed by atoms with Gasteiger partial charge in [-0.15, -0.1) is 0 Å². The Hall–Kier alpha value is -3.04. The Labute approximate surface area is 283 Å². The van der Waals surface area contributed by atoms with Gasteiger partial charge in [-0.2, -0.15) is 4.58 Å². The minimum absolute atomic E-state index is 0.138. The highest BCUT2D eigenvalue weighted by Gasteiger charge is 2.45. The van der Waals surface area contributed by atoms with E-state index in [2.05, 4.69) is 124 Å². The number of allylic oxidation sites excluding steroid dienone is 4. The van der Waals surface area contributed by atoms with Gasteiger partial charge in [0, 0.05) is 40.0 Å². The minimum Gasteiger partial charge on any atom is -0.344 e. The number of hydrogen-bond acceptors (Lipinski definition) is 1. The first-order valence-corrected chi connectivity index (χ1v) is 17.1. The number of benzene rings is 4. The van der Waals surface area contributed by atoms with Gasteiger partial charge in [0.2, 0.25) is 5.69 Å². The maximum atomic E-state index is 6.77. The number of nitrogens with zero attached hydrogens (tertiary/aromatic N) is 2. The van der Waals surface area contributed by atoms with E-state index in [9.17, 15) is 0 Å². The molecule has 2 heterocycles. The first kappa shape index (κ1) is 31.9. The van der Waals surface area contributed by atoms with E-state index in [1.54, 1.807) is 0 Å². The van der Waals surface area contributed by atoms with Crippen LogP contribution >= 0.6 is 34.8 Å². The Morgan fingerprint density at radius 1 is 0.844 bits per heavy atom. The van der Waals surface area contributed by atoms with E-state index in [-0.39, 0.29) is 10.8 Å². The molecule has 0 bridgehead atoms. The molecule has 2 aliphatic rings. The zero-order valence-electron chi connectivity index (χ0n) is 27.1. The second-order valence-corrected chi connectivity index (χ2v) is 15.0. The summed E-state index contributed by atoms with van der Waals surface area (Å²) in [5.74, 6) is 0.636. The van der Waals surface area contributed by atoms with Gasteiger partial charge in [0.1, 0.15) is 7.05 Å². The van der Waals surface area contributed by atoms with Crippen LogP contribution in [0.25, 0.3) is 10.8 Å². The van der Waals surface area contributed by atoms with E-state index >= 15 is 0 Å². The van der Waals surface area contributed by atoms with Crippen molar-refractivity contribution < 1.29 is 4.58 Å². The van der Waals surface area contributed by atoms with E-state index in [4.69, 9.17) is 34.8 Å². The van der Waals surface area contributed by atoms with Gasteiger partial charge in [-0.25, -0.2) is 0 Å². The molecule has 0 aliphatic carbocycles. The highest BCUT2D eigenvalue weighted by Crippen LogP contribution is 2.52. The maximum absolute atomic E-state index is 6.77. The molecule has 4 aromatic rings. The Kier molecular flexibility index (Phi) is 8.72. The predicted octanol–water partition coefficient (Wildman–Crippen LogP) is 11.7. The number of halogens is 3. The van der Waals surface area contributed by atoms with Crippen LogP contribution in [0.3, 0.4) is 0 Å². The average Bonchev–Trinajstić information content (AvgIpc) is 3.33. The number of fused-ring (bicyclic) bond motifs is 4. The van der Waals surface area contributed by atoms with Crippen molar-refractivity contribution in [3.05, 3.63) is 128 Å².